The van der Waals surface area contributed by atoms with Crippen molar-refractivity contribution >= 4 is 11.6 Å². The molecule has 0 heterocycles. The van der Waals surface area contributed by atoms with E-state index < -0.39 is 0 Å². The number of hydrogen-bond acceptors (Lipinski definition) is 4. The minimum absolute atomic E-state index is 0.0953. The Morgan fingerprint density at radius 2 is 1.85 bits per heavy atom. The number of methoxy groups -OCH3 is 1. The number of anilines is 1. The average Bonchev–Trinajstić information content (AvgIpc) is 2.42. The summed E-state index contributed by atoms with van der Waals surface area (Å²) >= 11 is 0. The third-order valence-electron chi connectivity index (χ3n) is 2.90. The van der Waals surface area contributed by atoms with E-state index in [0.717, 1.165) is 0 Å². The number of amides is 1. The topological polar surface area (TPSA) is 78.8 Å². The zero-order valence-corrected chi connectivity index (χ0v) is 11.2. The molecule has 0 atom stereocenters. The fraction of sp³-hybridized carbons (Fsp3) is 0.133. The molecule has 0 unspecified atom stereocenters. The minimum Gasteiger partial charge on any atom is -0.508 e. The van der Waals surface area contributed by atoms with Gasteiger partial charge >= 0.3 is 0 Å². The normalized spacial score (nSPS) is 10.1. The van der Waals surface area contributed by atoms with Gasteiger partial charge in [-0.25, -0.2) is 0 Å². The van der Waals surface area contributed by atoms with Crippen LogP contribution < -0.4 is 10.1 Å². The fourth-order valence-corrected chi connectivity index (χ4v) is 1.77. The number of benzene rings is 2. The van der Waals surface area contributed by atoms with Gasteiger partial charge in [0.15, 0.2) is 11.5 Å². The zero-order valence-electron chi connectivity index (χ0n) is 11.2. The van der Waals surface area contributed by atoms with Gasteiger partial charge < -0.3 is 20.3 Å². The van der Waals surface area contributed by atoms with Gasteiger partial charge in [-0.05, 0) is 48.9 Å². The molecular weight excluding hydrogens is 258 g/mol. The number of carbonyl (C=O) groups is 1. The summed E-state index contributed by atoms with van der Waals surface area (Å²) in [5.41, 5.74) is 1.55. The number of nitrogens with one attached hydrogen (secondary N) is 1. The number of ether oxygens (including phenoxy) is 1. The molecule has 0 bridgehead atoms. The summed E-state index contributed by atoms with van der Waals surface area (Å²) in [6, 6.07) is 9.19. The van der Waals surface area contributed by atoms with Gasteiger partial charge in [0.05, 0.1) is 7.11 Å². The molecule has 0 saturated carbocycles. The maximum Gasteiger partial charge on any atom is 0.255 e. The van der Waals surface area contributed by atoms with E-state index in [1.165, 1.54) is 25.3 Å². The van der Waals surface area contributed by atoms with Crippen LogP contribution in [0.15, 0.2) is 36.4 Å². The summed E-state index contributed by atoms with van der Waals surface area (Å²) in [5.74, 6) is 0.0298. The van der Waals surface area contributed by atoms with E-state index in [4.69, 9.17) is 4.74 Å². The van der Waals surface area contributed by atoms with E-state index in [2.05, 4.69) is 5.32 Å². The molecule has 3 N–H and O–H groups in total. The number of hydrogen-bond donors (Lipinski definition) is 3. The van der Waals surface area contributed by atoms with Crippen LogP contribution in [0.25, 0.3) is 0 Å². The predicted octanol–water partition coefficient (Wildman–Crippen LogP) is 2.67. The van der Waals surface area contributed by atoms with Gasteiger partial charge in [0.25, 0.3) is 5.91 Å². The van der Waals surface area contributed by atoms with Crippen molar-refractivity contribution in [2.45, 2.75) is 6.92 Å². The van der Waals surface area contributed by atoms with E-state index in [-0.39, 0.29) is 17.4 Å². The highest BCUT2D eigenvalue weighted by atomic mass is 16.5. The van der Waals surface area contributed by atoms with E-state index in [0.29, 0.717) is 22.6 Å². The minimum atomic E-state index is -0.354. The van der Waals surface area contributed by atoms with Crippen LogP contribution in [0.4, 0.5) is 5.69 Å². The van der Waals surface area contributed by atoms with Crippen molar-refractivity contribution in [3.05, 3.63) is 47.5 Å². The molecule has 0 saturated heterocycles. The Balaban J connectivity index is 2.19. The number of rotatable bonds is 3. The summed E-state index contributed by atoms with van der Waals surface area (Å²) in [6.07, 6.45) is 0. The Morgan fingerprint density at radius 3 is 2.45 bits per heavy atom. The highest BCUT2D eigenvalue weighted by Crippen LogP contribution is 2.27. The molecule has 0 spiro atoms. The lowest BCUT2D eigenvalue weighted by atomic mass is 10.1. The lowest BCUT2D eigenvalue weighted by molar-refractivity contribution is 0.102. The smallest absolute Gasteiger partial charge is 0.255 e. The molecule has 0 aliphatic carbocycles. The van der Waals surface area contributed by atoms with E-state index in [9.17, 15) is 15.0 Å². The van der Waals surface area contributed by atoms with Crippen molar-refractivity contribution in [3.63, 3.8) is 0 Å². The summed E-state index contributed by atoms with van der Waals surface area (Å²) in [4.78, 5) is 12.0. The Kier molecular flexibility index (Phi) is 3.79. The second kappa shape index (κ2) is 5.52. The summed E-state index contributed by atoms with van der Waals surface area (Å²) < 4.78 is 4.92. The fourth-order valence-electron chi connectivity index (χ4n) is 1.77. The van der Waals surface area contributed by atoms with Crippen molar-refractivity contribution in [1.29, 1.82) is 0 Å². The first-order valence-corrected chi connectivity index (χ1v) is 5.99. The third kappa shape index (κ3) is 2.83. The first-order chi connectivity index (χ1) is 9.51. The molecule has 20 heavy (non-hydrogen) atoms. The van der Waals surface area contributed by atoms with Crippen molar-refractivity contribution < 1.29 is 19.7 Å². The molecule has 0 aliphatic rings. The molecule has 2 aromatic carbocycles. The first-order valence-electron chi connectivity index (χ1n) is 5.99. The van der Waals surface area contributed by atoms with Gasteiger partial charge in [-0.1, -0.05) is 0 Å². The van der Waals surface area contributed by atoms with Gasteiger partial charge in [-0.3, -0.25) is 4.79 Å². The first kappa shape index (κ1) is 13.7. The number of phenolic OH excluding ortho intramolecular Hbond substituents is 2. The molecular formula is C15H15NO4. The quantitative estimate of drug-likeness (QED) is 0.751. The highest BCUT2D eigenvalue weighted by molar-refractivity contribution is 6.04. The summed E-state index contributed by atoms with van der Waals surface area (Å²) in [5, 5.41) is 21.8. The Morgan fingerprint density at radius 1 is 1.10 bits per heavy atom. The van der Waals surface area contributed by atoms with E-state index in [1.807, 2.05) is 0 Å². The SMILES string of the molecule is COc1ccc(C(=O)Nc2ccc(O)c(C)c2)cc1O. The van der Waals surface area contributed by atoms with Crippen LogP contribution >= 0.6 is 0 Å². The third-order valence-corrected chi connectivity index (χ3v) is 2.90. The molecule has 0 radical (unpaired) electrons. The van der Waals surface area contributed by atoms with Crippen molar-refractivity contribution in [1.82, 2.24) is 0 Å². The molecule has 104 valence electrons. The van der Waals surface area contributed by atoms with Crippen LogP contribution in [-0.4, -0.2) is 23.2 Å². The standard InChI is InChI=1S/C15H15NO4/c1-9-7-11(4-5-12(9)17)16-15(19)10-3-6-14(20-2)13(18)8-10/h3-8,17-18H,1-2H3,(H,16,19). The second-order valence-electron chi connectivity index (χ2n) is 4.34. The van der Waals surface area contributed by atoms with Gasteiger partial charge in [0.1, 0.15) is 5.75 Å². The van der Waals surface area contributed by atoms with E-state index in [1.54, 1.807) is 25.1 Å². The van der Waals surface area contributed by atoms with Crippen LogP contribution in [-0.2, 0) is 0 Å². The Bertz CT molecular complexity index is 652. The molecule has 5 nitrogen and oxygen atoms in total. The second-order valence-corrected chi connectivity index (χ2v) is 4.34. The molecule has 2 rings (SSSR count). The van der Waals surface area contributed by atoms with Crippen LogP contribution in [0.5, 0.6) is 17.2 Å². The predicted molar refractivity (Wildman–Crippen MR) is 75.5 cm³/mol. The number of aromatic hydroxyl groups is 2. The molecule has 5 heteroatoms. The molecule has 0 aliphatic heterocycles. The van der Waals surface area contributed by atoms with Gasteiger partial charge in [-0.2, -0.15) is 0 Å². The lowest BCUT2D eigenvalue weighted by Crippen LogP contribution is -2.11. The van der Waals surface area contributed by atoms with E-state index >= 15 is 0 Å². The number of phenols is 2. The summed E-state index contributed by atoms with van der Waals surface area (Å²) in [7, 11) is 1.44. The number of aryl methyl sites for hydroxylation is 1. The monoisotopic (exact) mass is 273 g/mol. The largest absolute Gasteiger partial charge is 0.508 e. The summed E-state index contributed by atoms with van der Waals surface area (Å²) in [6.45, 7) is 1.74. The lowest BCUT2D eigenvalue weighted by Gasteiger charge is -2.08. The maximum atomic E-state index is 12.0. The van der Waals surface area contributed by atoms with Gasteiger partial charge in [0, 0.05) is 11.3 Å². The van der Waals surface area contributed by atoms with Gasteiger partial charge in [-0.15, -0.1) is 0 Å². The Labute approximate surface area is 116 Å². The van der Waals surface area contributed by atoms with Crippen LogP contribution in [0, 0.1) is 6.92 Å². The zero-order chi connectivity index (χ0) is 14.7. The average molecular weight is 273 g/mol. The molecule has 0 aromatic heterocycles. The highest BCUT2D eigenvalue weighted by Gasteiger charge is 2.10. The van der Waals surface area contributed by atoms with Crippen LogP contribution in [0.3, 0.4) is 0 Å². The maximum absolute atomic E-state index is 12.0. The van der Waals surface area contributed by atoms with Crippen LogP contribution in [0.2, 0.25) is 0 Å². The van der Waals surface area contributed by atoms with Crippen molar-refractivity contribution in [2.24, 2.45) is 0 Å². The molecule has 1 amide bonds. The van der Waals surface area contributed by atoms with Gasteiger partial charge in [0.2, 0.25) is 0 Å². The van der Waals surface area contributed by atoms with Crippen LogP contribution in [0.1, 0.15) is 15.9 Å². The molecule has 0 fully saturated rings. The van der Waals surface area contributed by atoms with Crippen molar-refractivity contribution in [2.75, 3.05) is 12.4 Å². The van der Waals surface area contributed by atoms with Crippen molar-refractivity contribution in [3.8, 4) is 17.2 Å². The molecule has 2 aromatic rings. The number of carbonyl (C=O) groups excluding carboxylic acids is 1. The Hall–Kier alpha value is -2.69.